The maximum Gasteiger partial charge on any atom is 0.189 e. The summed E-state index contributed by atoms with van der Waals surface area (Å²) in [5.74, 6) is 0.770. The minimum atomic E-state index is 0.242. The molecule has 1 heterocycles. The van der Waals surface area contributed by atoms with E-state index in [9.17, 15) is 0 Å². The van der Waals surface area contributed by atoms with Crippen molar-refractivity contribution in [1.29, 1.82) is 0 Å². The van der Waals surface area contributed by atoms with Gasteiger partial charge in [-0.2, -0.15) is 0 Å². The number of epoxide rings is 1. The fourth-order valence-corrected chi connectivity index (χ4v) is 1.36. The molecule has 0 N–H and O–H groups in total. The molecule has 0 amide bonds. The summed E-state index contributed by atoms with van der Waals surface area (Å²) >= 11 is 0. The van der Waals surface area contributed by atoms with E-state index in [2.05, 4.69) is 0 Å². The highest BCUT2D eigenvalue weighted by Gasteiger charge is 2.22. The standard InChI is InChI=1S/C14H18O5/c1-15-10-16-7-6-12-2-4-13(5-3-12)19-11-17-8-14-9-18-14/h2-7,14H,8-11H2,1H3. The molecule has 1 aliphatic heterocycles. The molecule has 1 fully saturated rings. The first-order valence-electron chi connectivity index (χ1n) is 6.08. The SMILES string of the molecule is COCOC=Cc1ccc(OCOCC2CO2)cc1. The molecule has 0 spiro atoms. The predicted molar refractivity (Wildman–Crippen MR) is 69.6 cm³/mol. The smallest absolute Gasteiger partial charge is 0.189 e. The zero-order valence-corrected chi connectivity index (χ0v) is 10.9. The maximum atomic E-state index is 5.43. The monoisotopic (exact) mass is 266 g/mol. The van der Waals surface area contributed by atoms with Crippen molar-refractivity contribution in [2.24, 2.45) is 0 Å². The third-order valence-electron chi connectivity index (χ3n) is 2.44. The van der Waals surface area contributed by atoms with E-state index in [1.807, 2.05) is 30.3 Å². The summed E-state index contributed by atoms with van der Waals surface area (Å²) < 4.78 is 25.6. The van der Waals surface area contributed by atoms with Gasteiger partial charge in [0.1, 0.15) is 11.9 Å². The van der Waals surface area contributed by atoms with Gasteiger partial charge in [-0.1, -0.05) is 12.1 Å². The van der Waals surface area contributed by atoms with Gasteiger partial charge in [-0.25, -0.2) is 0 Å². The molecule has 0 bridgehead atoms. The van der Waals surface area contributed by atoms with Crippen molar-refractivity contribution in [3.63, 3.8) is 0 Å². The van der Waals surface area contributed by atoms with Crippen molar-refractivity contribution >= 4 is 6.08 Å². The molecule has 1 unspecified atom stereocenters. The quantitative estimate of drug-likeness (QED) is 0.296. The molecule has 1 aromatic carbocycles. The van der Waals surface area contributed by atoms with Gasteiger partial charge >= 0.3 is 0 Å². The largest absolute Gasteiger partial charge is 0.475 e. The van der Waals surface area contributed by atoms with Gasteiger partial charge in [0.25, 0.3) is 0 Å². The summed E-state index contributed by atoms with van der Waals surface area (Å²) in [6.07, 6.45) is 3.71. The van der Waals surface area contributed by atoms with Crippen molar-refractivity contribution < 1.29 is 23.7 Å². The molecular formula is C14H18O5. The second kappa shape index (κ2) is 7.78. The van der Waals surface area contributed by atoms with Crippen LogP contribution in [0.2, 0.25) is 0 Å². The van der Waals surface area contributed by atoms with Gasteiger partial charge in [-0.3, -0.25) is 0 Å². The molecule has 0 aliphatic carbocycles. The topological polar surface area (TPSA) is 49.5 Å². The third-order valence-corrected chi connectivity index (χ3v) is 2.44. The van der Waals surface area contributed by atoms with Gasteiger partial charge in [-0.05, 0) is 23.8 Å². The number of hydrogen-bond acceptors (Lipinski definition) is 5. The zero-order valence-electron chi connectivity index (χ0n) is 10.9. The van der Waals surface area contributed by atoms with Crippen LogP contribution in [0, 0.1) is 0 Å². The molecule has 1 aromatic rings. The van der Waals surface area contributed by atoms with Gasteiger partial charge in [0.15, 0.2) is 13.6 Å². The Morgan fingerprint density at radius 2 is 2.05 bits per heavy atom. The van der Waals surface area contributed by atoms with Crippen LogP contribution < -0.4 is 4.74 Å². The van der Waals surface area contributed by atoms with Crippen LogP contribution in [0.3, 0.4) is 0 Å². The molecule has 2 rings (SSSR count). The van der Waals surface area contributed by atoms with Crippen molar-refractivity contribution in [2.45, 2.75) is 6.10 Å². The lowest BCUT2D eigenvalue weighted by Gasteiger charge is -2.06. The Labute approximate surface area is 112 Å². The summed E-state index contributed by atoms with van der Waals surface area (Å²) in [5.41, 5.74) is 1.02. The van der Waals surface area contributed by atoms with Crippen LogP contribution in [0.15, 0.2) is 30.5 Å². The van der Waals surface area contributed by atoms with E-state index in [1.165, 1.54) is 0 Å². The molecule has 5 nitrogen and oxygen atoms in total. The van der Waals surface area contributed by atoms with E-state index in [0.29, 0.717) is 6.61 Å². The molecule has 104 valence electrons. The third kappa shape index (κ3) is 5.74. The van der Waals surface area contributed by atoms with Gasteiger partial charge in [0.2, 0.25) is 0 Å². The highest BCUT2D eigenvalue weighted by Crippen LogP contribution is 2.14. The van der Waals surface area contributed by atoms with Crippen molar-refractivity contribution in [3.8, 4) is 5.75 Å². The Bertz CT molecular complexity index is 383. The molecule has 1 aliphatic rings. The van der Waals surface area contributed by atoms with Crippen LogP contribution in [0.25, 0.3) is 6.08 Å². The minimum absolute atomic E-state index is 0.242. The van der Waals surface area contributed by atoms with Crippen molar-refractivity contribution in [1.82, 2.24) is 0 Å². The van der Waals surface area contributed by atoms with Crippen molar-refractivity contribution in [2.75, 3.05) is 33.9 Å². The lowest BCUT2D eigenvalue weighted by Crippen LogP contribution is -2.07. The Balaban J connectivity index is 1.66. The average molecular weight is 266 g/mol. The Morgan fingerprint density at radius 3 is 2.74 bits per heavy atom. The van der Waals surface area contributed by atoms with E-state index in [-0.39, 0.29) is 19.7 Å². The number of benzene rings is 1. The summed E-state index contributed by atoms with van der Waals surface area (Å²) in [6.45, 7) is 1.88. The molecule has 1 atom stereocenters. The molecule has 19 heavy (non-hydrogen) atoms. The highest BCUT2D eigenvalue weighted by molar-refractivity contribution is 5.49. The van der Waals surface area contributed by atoms with Crippen LogP contribution in [0.4, 0.5) is 0 Å². The van der Waals surface area contributed by atoms with Gasteiger partial charge in [0, 0.05) is 7.11 Å². The zero-order chi connectivity index (χ0) is 13.3. The van der Waals surface area contributed by atoms with E-state index in [0.717, 1.165) is 17.9 Å². The first-order chi connectivity index (χ1) is 9.38. The van der Waals surface area contributed by atoms with E-state index < -0.39 is 0 Å². The second-order valence-electron chi connectivity index (χ2n) is 4.03. The number of ether oxygens (including phenoxy) is 5. The van der Waals surface area contributed by atoms with Gasteiger partial charge in [-0.15, -0.1) is 0 Å². The first kappa shape index (κ1) is 13.9. The summed E-state index contributed by atoms with van der Waals surface area (Å²) in [5, 5.41) is 0. The maximum absolute atomic E-state index is 5.43. The molecule has 1 saturated heterocycles. The lowest BCUT2D eigenvalue weighted by atomic mass is 10.2. The number of rotatable bonds is 9. The number of methoxy groups -OCH3 is 1. The second-order valence-corrected chi connectivity index (χ2v) is 4.03. The lowest BCUT2D eigenvalue weighted by molar-refractivity contribution is 0.00821. The highest BCUT2D eigenvalue weighted by atomic mass is 16.7. The fraction of sp³-hybridized carbons (Fsp3) is 0.429. The molecule has 0 aromatic heterocycles. The predicted octanol–water partition coefficient (Wildman–Crippen LogP) is 2.03. The molecule has 0 radical (unpaired) electrons. The average Bonchev–Trinajstić information content (AvgIpc) is 3.25. The van der Waals surface area contributed by atoms with Gasteiger partial charge < -0.3 is 23.7 Å². The molecule has 5 heteroatoms. The van der Waals surface area contributed by atoms with E-state index >= 15 is 0 Å². The number of hydrogen-bond donors (Lipinski definition) is 0. The van der Waals surface area contributed by atoms with Crippen LogP contribution in [-0.4, -0.2) is 40.0 Å². The van der Waals surface area contributed by atoms with Gasteiger partial charge in [0.05, 0.1) is 19.5 Å². The Hall–Kier alpha value is -1.56. The van der Waals surface area contributed by atoms with Crippen LogP contribution in [-0.2, 0) is 18.9 Å². The summed E-state index contributed by atoms with van der Waals surface area (Å²) in [7, 11) is 1.58. The fourth-order valence-electron chi connectivity index (χ4n) is 1.36. The van der Waals surface area contributed by atoms with Crippen LogP contribution >= 0.6 is 0 Å². The Morgan fingerprint density at radius 1 is 1.26 bits per heavy atom. The van der Waals surface area contributed by atoms with Crippen molar-refractivity contribution in [3.05, 3.63) is 36.1 Å². The first-order valence-corrected chi connectivity index (χ1v) is 6.08. The normalized spacial score (nSPS) is 17.6. The van der Waals surface area contributed by atoms with Crippen LogP contribution in [0.5, 0.6) is 5.75 Å². The van der Waals surface area contributed by atoms with E-state index in [4.69, 9.17) is 23.7 Å². The Kier molecular flexibility index (Phi) is 5.68. The summed E-state index contributed by atoms with van der Waals surface area (Å²) in [4.78, 5) is 0. The van der Waals surface area contributed by atoms with E-state index in [1.54, 1.807) is 13.4 Å². The van der Waals surface area contributed by atoms with Crippen LogP contribution in [0.1, 0.15) is 5.56 Å². The molecular weight excluding hydrogens is 248 g/mol. The summed E-state index contributed by atoms with van der Waals surface area (Å²) in [6, 6.07) is 7.64. The molecule has 0 saturated carbocycles. The minimum Gasteiger partial charge on any atom is -0.475 e.